The number of rotatable bonds is 2. The average Bonchev–Trinajstić information content (AvgIpc) is 2.75. The van der Waals surface area contributed by atoms with Crippen LogP contribution in [0.2, 0.25) is 0 Å². The van der Waals surface area contributed by atoms with Crippen molar-refractivity contribution in [2.24, 2.45) is 0 Å². The number of aryl methyl sites for hydroxylation is 1. The number of hydrogen-bond acceptors (Lipinski definition) is 1. The topological polar surface area (TPSA) is 8.17 Å². The van der Waals surface area contributed by atoms with Crippen molar-refractivity contribution < 1.29 is 0 Å². The first-order chi connectivity index (χ1) is 8.74. The molecule has 3 rings (SSSR count). The Kier molecular flexibility index (Phi) is 3.13. The molecule has 1 aromatic carbocycles. The number of piperidine rings is 1. The summed E-state index contributed by atoms with van der Waals surface area (Å²) in [5.74, 6) is 0. The van der Waals surface area contributed by atoms with E-state index in [0.29, 0.717) is 6.04 Å². The van der Waals surface area contributed by atoms with Crippen LogP contribution in [0.5, 0.6) is 0 Å². The Morgan fingerprint density at radius 2 is 2.11 bits per heavy atom. The highest BCUT2D eigenvalue weighted by molar-refractivity contribution is 5.80. The lowest BCUT2D eigenvalue weighted by Gasteiger charge is -2.32. The summed E-state index contributed by atoms with van der Waals surface area (Å²) in [5, 5.41) is 1.36. The number of nitrogens with zero attached hydrogens (tertiary/aromatic N) is 2. The standard InChI is InChI=1S/C16H22N2/c1-13-6-7-14-8-10-18(16(14)11-13)12-15-5-3-4-9-17(15)2/h6-8,10-11,15H,3-5,9,12H2,1-2H3. The van der Waals surface area contributed by atoms with Gasteiger partial charge in [0.1, 0.15) is 0 Å². The van der Waals surface area contributed by atoms with Crippen molar-refractivity contribution in [1.29, 1.82) is 0 Å². The minimum absolute atomic E-state index is 0.704. The first-order valence-electron chi connectivity index (χ1n) is 7.00. The van der Waals surface area contributed by atoms with E-state index in [-0.39, 0.29) is 0 Å². The summed E-state index contributed by atoms with van der Waals surface area (Å²) < 4.78 is 2.43. The number of likely N-dealkylation sites (N-methyl/N-ethyl adjacent to an activating group) is 1. The first-order valence-corrected chi connectivity index (χ1v) is 7.00. The van der Waals surface area contributed by atoms with Gasteiger partial charge < -0.3 is 9.47 Å². The molecule has 1 aliphatic rings. The molecule has 0 saturated carbocycles. The second kappa shape index (κ2) is 4.77. The molecule has 1 aliphatic heterocycles. The molecule has 0 N–H and O–H groups in total. The zero-order chi connectivity index (χ0) is 12.5. The van der Waals surface area contributed by atoms with Crippen LogP contribution >= 0.6 is 0 Å². The molecule has 0 amide bonds. The van der Waals surface area contributed by atoms with E-state index in [4.69, 9.17) is 0 Å². The van der Waals surface area contributed by atoms with E-state index in [0.717, 1.165) is 6.54 Å². The van der Waals surface area contributed by atoms with E-state index in [2.05, 4.69) is 53.9 Å². The largest absolute Gasteiger partial charge is 0.346 e. The summed E-state index contributed by atoms with van der Waals surface area (Å²) in [6.45, 7) is 4.55. The maximum atomic E-state index is 2.52. The van der Waals surface area contributed by atoms with Gasteiger partial charge in [-0.05, 0) is 56.4 Å². The fourth-order valence-electron chi connectivity index (χ4n) is 3.06. The van der Waals surface area contributed by atoms with Crippen molar-refractivity contribution in [3.8, 4) is 0 Å². The minimum atomic E-state index is 0.704. The van der Waals surface area contributed by atoms with Crippen LogP contribution in [-0.4, -0.2) is 29.1 Å². The lowest BCUT2D eigenvalue weighted by atomic mass is 10.0. The predicted octanol–water partition coefficient (Wildman–Crippen LogP) is 3.43. The van der Waals surface area contributed by atoms with Gasteiger partial charge in [-0.1, -0.05) is 18.6 Å². The average molecular weight is 242 g/mol. The Bertz CT molecular complexity index is 541. The Labute approximate surface area is 109 Å². The fraction of sp³-hybridized carbons (Fsp3) is 0.500. The Balaban J connectivity index is 1.87. The number of benzene rings is 1. The van der Waals surface area contributed by atoms with Gasteiger partial charge in [0, 0.05) is 24.3 Å². The highest BCUT2D eigenvalue weighted by Crippen LogP contribution is 2.21. The molecule has 2 aromatic rings. The molecule has 2 nitrogen and oxygen atoms in total. The Hall–Kier alpha value is -1.28. The zero-order valence-electron chi connectivity index (χ0n) is 11.4. The molecule has 1 unspecified atom stereocenters. The van der Waals surface area contributed by atoms with Gasteiger partial charge in [-0.2, -0.15) is 0 Å². The third-order valence-corrected chi connectivity index (χ3v) is 4.26. The second-order valence-corrected chi connectivity index (χ2v) is 5.66. The van der Waals surface area contributed by atoms with Crippen molar-refractivity contribution in [2.75, 3.05) is 13.6 Å². The maximum absolute atomic E-state index is 2.52. The van der Waals surface area contributed by atoms with Crippen LogP contribution in [0.1, 0.15) is 24.8 Å². The molecular weight excluding hydrogens is 220 g/mol. The SMILES string of the molecule is Cc1ccc2ccn(CC3CCCCN3C)c2c1. The van der Waals surface area contributed by atoms with Crippen LogP contribution in [0.4, 0.5) is 0 Å². The van der Waals surface area contributed by atoms with Gasteiger partial charge in [-0.15, -0.1) is 0 Å². The van der Waals surface area contributed by atoms with Crippen LogP contribution in [0.3, 0.4) is 0 Å². The molecule has 18 heavy (non-hydrogen) atoms. The molecule has 0 radical (unpaired) electrons. The van der Waals surface area contributed by atoms with Crippen LogP contribution in [0.15, 0.2) is 30.5 Å². The van der Waals surface area contributed by atoms with E-state index in [9.17, 15) is 0 Å². The third kappa shape index (κ3) is 2.17. The van der Waals surface area contributed by atoms with Crippen LogP contribution < -0.4 is 0 Å². The van der Waals surface area contributed by atoms with Crippen LogP contribution in [-0.2, 0) is 6.54 Å². The molecular formula is C16H22N2. The highest BCUT2D eigenvalue weighted by Gasteiger charge is 2.19. The van der Waals surface area contributed by atoms with E-state index >= 15 is 0 Å². The number of likely N-dealkylation sites (tertiary alicyclic amines) is 1. The van der Waals surface area contributed by atoms with E-state index < -0.39 is 0 Å². The van der Waals surface area contributed by atoms with Crippen molar-refractivity contribution in [3.63, 3.8) is 0 Å². The van der Waals surface area contributed by atoms with Gasteiger partial charge in [0.15, 0.2) is 0 Å². The van der Waals surface area contributed by atoms with Crippen LogP contribution in [0.25, 0.3) is 10.9 Å². The molecule has 2 heteroatoms. The van der Waals surface area contributed by atoms with Gasteiger partial charge in [0.25, 0.3) is 0 Å². The minimum Gasteiger partial charge on any atom is -0.346 e. The summed E-state index contributed by atoms with van der Waals surface area (Å²) in [7, 11) is 2.26. The second-order valence-electron chi connectivity index (χ2n) is 5.66. The normalized spacial score (nSPS) is 21.6. The molecule has 1 atom stereocenters. The van der Waals surface area contributed by atoms with E-state index in [1.807, 2.05) is 0 Å². The van der Waals surface area contributed by atoms with Crippen molar-refractivity contribution >= 4 is 10.9 Å². The van der Waals surface area contributed by atoms with Gasteiger partial charge in [-0.25, -0.2) is 0 Å². The lowest BCUT2D eigenvalue weighted by molar-refractivity contribution is 0.169. The molecule has 0 spiro atoms. The fourth-order valence-corrected chi connectivity index (χ4v) is 3.06. The summed E-state index contributed by atoms with van der Waals surface area (Å²) in [5.41, 5.74) is 2.73. The summed E-state index contributed by atoms with van der Waals surface area (Å²) in [6.07, 6.45) is 6.32. The molecule has 0 bridgehead atoms. The Morgan fingerprint density at radius 3 is 2.94 bits per heavy atom. The molecule has 1 aromatic heterocycles. The molecule has 1 saturated heterocycles. The molecule has 2 heterocycles. The summed E-state index contributed by atoms with van der Waals surface area (Å²) >= 11 is 0. The van der Waals surface area contributed by atoms with Crippen LogP contribution in [0, 0.1) is 6.92 Å². The summed E-state index contributed by atoms with van der Waals surface area (Å²) in [6, 6.07) is 9.66. The maximum Gasteiger partial charge on any atom is 0.0483 e. The van der Waals surface area contributed by atoms with E-state index in [1.165, 1.54) is 42.3 Å². The van der Waals surface area contributed by atoms with Crippen molar-refractivity contribution in [1.82, 2.24) is 9.47 Å². The quantitative estimate of drug-likeness (QED) is 0.783. The third-order valence-electron chi connectivity index (χ3n) is 4.26. The van der Waals surface area contributed by atoms with Gasteiger partial charge in [-0.3, -0.25) is 0 Å². The predicted molar refractivity (Wildman–Crippen MR) is 76.9 cm³/mol. The van der Waals surface area contributed by atoms with Crippen molar-refractivity contribution in [2.45, 2.75) is 38.8 Å². The smallest absolute Gasteiger partial charge is 0.0483 e. The highest BCUT2D eigenvalue weighted by atomic mass is 15.2. The number of aromatic nitrogens is 1. The number of fused-ring (bicyclic) bond motifs is 1. The van der Waals surface area contributed by atoms with Gasteiger partial charge in [0.2, 0.25) is 0 Å². The Morgan fingerprint density at radius 1 is 1.22 bits per heavy atom. The van der Waals surface area contributed by atoms with E-state index in [1.54, 1.807) is 0 Å². The number of hydrogen-bond donors (Lipinski definition) is 0. The lowest BCUT2D eigenvalue weighted by Crippen LogP contribution is -2.38. The van der Waals surface area contributed by atoms with Gasteiger partial charge >= 0.3 is 0 Å². The summed E-state index contributed by atoms with van der Waals surface area (Å²) in [4.78, 5) is 2.52. The van der Waals surface area contributed by atoms with Gasteiger partial charge in [0.05, 0.1) is 0 Å². The van der Waals surface area contributed by atoms with Crippen molar-refractivity contribution in [3.05, 3.63) is 36.0 Å². The molecule has 0 aliphatic carbocycles. The molecule has 1 fully saturated rings. The monoisotopic (exact) mass is 242 g/mol. The zero-order valence-corrected chi connectivity index (χ0v) is 11.4. The molecule has 96 valence electrons. The first kappa shape index (κ1) is 11.8.